The Morgan fingerprint density at radius 2 is 2.33 bits per heavy atom. The van der Waals surface area contributed by atoms with Crippen LogP contribution >= 0.6 is 11.3 Å². The number of thiophene rings is 1. The molecular formula is C14H16N2OS. The fourth-order valence-electron chi connectivity index (χ4n) is 3.55. The van der Waals surface area contributed by atoms with Gasteiger partial charge >= 0.3 is 0 Å². The Morgan fingerprint density at radius 1 is 1.39 bits per heavy atom. The second kappa shape index (κ2) is 3.93. The van der Waals surface area contributed by atoms with Gasteiger partial charge in [-0.25, -0.2) is 4.98 Å². The lowest BCUT2D eigenvalue weighted by Gasteiger charge is -2.31. The maximum absolute atomic E-state index is 9.92. The summed E-state index contributed by atoms with van der Waals surface area (Å²) in [7, 11) is 0. The normalized spacial score (nSPS) is 30.2. The number of aliphatic hydroxyl groups is 1. The summed E-state index contributed by atoms with van der Waals surface area (Å²) in [6.45, 7) is 0. The number of aromatic nitrogens is 2. The summed E-state index contributed by atoms with van der Waals surface area (Å²) >= 11 is 1.85. The smallest absolute Gasteiger partial charge is 0.0957 e. The number of nitrogens with zero attached hydrogens (tertiary/aromatic N) is 2. The van der Waals surface area contributed by atoms with E-state index in [-0.39, 0.29) is 6.10 Å². The Hall–Kier alpha value is -1.13. The average molecular weight is 260 g/mol. The largest absolute Gasteiger partial charge is 0.393 e. The highest BCUT2D eigenvalue weighted by atomic mass is 32.1. The zero-order valence-electron chi connectivity index (χ0n) is 10.1. The topological polar surface area (TPSA) is 38.1 Å². The van der Waals surface area contributed by atoms with Crippen LogP contribution in [0.1, 0.15) is 36.6 Å². The van der Waals surface area contributed by atoms with Crippen molar-refractivity contribution in [1.82, 2.24) is 9.55 Å². The summed E-state index contributed by atoms with van der Waals surface area (Å²) in [5.74, 6) is 0.557. The summed E-state index contributed by atoms with van der Waals surface area (Å²) in [4.78, 5) is 5.76. The molecule has 1 aliphatic heterocycles. The standard InChI is InChI=1S/C14H16N2OS/c17-10-3-1-2-9(6-10)13-14-11(4-5-18-14)12-7-15-8-16(12)13/h4-5,7-10,13,17H,1-3,6H2/t9?,10-,13-/m0/s1. The minimum Gasteiger partial charge on any atom is -0.393 e. The lowest BCUT2D eigenvalue weighted by atomic mass is 9.82. The molecular weight excluding hydrogens is 244 g/mol. The van der Waals surface area contributed by atoms with Crippen molar-refractivity contribution in [2.45, 2.75) is 37.8 Å². The zero-order valence-corrected chi connectivity index (χ0v) is 10.9. The summed E-state index contributed by atoms with van der Waals surface area (Å²) in [6, 6.07) is 2.61. The first-order chi connectivity index (χ1) is 8.84. The Balaban J connectivity index is 1.77. The lowest BCUT2D eigenvalue weighted by molar-refractivity contribution is 0.0892. The van der Waals surface area contributed by atoms with Gasteiger partial charge < -0.3 is 9.67 Å². The van der Waals surface area contributed by atoms with E-state index in [9.17, 15) is 5.11 Å². The number of imidazole rings is 1. The van der Waals surface area contributed by atoms with E-state index in [1.807, 2.05) is 23.9 Å². The van der Waals surface area contributed by atoms with Crippen LogP contribution in [0.4, 0.5) is 0 Å². The first-order valence-corrected chi connectivity index (χ1v) is 7.50. The van der Waals surface area contributed by atoms with Crippen LogP contribution in [0.2, 0.25) is 0 Å². The molecule has 3 atom stereocenters. The van der Waals surface area contributed by atoms with E-state index in [1.54, 1.807) is 0 Å². The van der Waals surface area contributed by atoms with Gasteiger partial charge in [0.05, 0.1) is 30.4 Å². The molecule has 18 heavy (non-hydrogen) atoms. The SMILES string of the molecule is O[C@H]1CCCC([C@H]2c3sccc3-c3cncn32)C1. The van der Waals surface area contributed by atoms with Crippen LogP contribution in [0.3, 0.4) is 0 Å². The molecule has 2 aromatic heterocycles. The van der Waals surface area contributed by atoms with Crippen LogP contribution in [0.25, 0.3) is 11.3 Å². The second-order valence-electron chi connectivity index (χ2n) is 5.41. The maximum Gasteiger partial charge on any atom is 0.0957 e. The molecule has 94 valence electrons. The molecule has 4 heteroatoms. The summed E-state index contributed by atoms with van der Waals surface area (Å²) in [5, 5.41) is 12.1. The molecule has 3 heterocycles. The van der Waals surface area contributed by atoms with Gasteiger partial charge in [-0.1, -0.05) is 6.42 Å². The predicted octanol–water partition coefficient (Wildman–Crippen LogP) is 3.07. The Morgan fingerprint density at radius 3 is 3.22 bits per heavy atom. The molecule has 1 aliphatic carbocycles. The molecule has 0 aromatic carbocycles. The molecule has 4 rings (SSSR count). The van der Waals surface area contributed by atoms with Gasteiger partial charge in [0, 0.05) is 10.4 Å². The van der Waals surface area contributed by atoms with Crippen molar-refractivity contribution in [3.05, 3.63) is 28.8 Å². The molecule has 0 bridgehead atoms. The van der Waals surface area contributed by atoms with Gasteiger partial charge in [-0.2, -0.15) is 0 Å². The maximum atomic E-state index is 9.92. The molecule has 2 aromatic rings. The number of rotatable bonds is 1. The van der Waals surface area contributed by atoms with Crippen LogP contribution in [-0.4, -0.2) is 20.8 Å². The van der Waals surface area contributed by atoms with Crippen LogP contribution in [0.5, 0.6) is 0 Å². The number of hydrogen-bond donors (Lipinski definition) is 1. The van der Waals surface area contributed by atoms with Gasteiger partial charge in [0.2, 0.25) is 0 Å². The van der Waals surface area contributed by atoms with Crippen molar-refractivity contribution in [3.63, 3.8) is 0 Å². The van der Waals surface area contributed by atoms with Crippen molar-refractivity contribution in [2.24, 2.45) is 5.92 Å². The monoisotopic (exact) mass is 260 g/mol. The third-order valence-electron chi connectivity index (χ3n) is 4.34. The van der Waals surface area contributed by atoms with Crippen LogP contribution in [-0.2, 0) is 0 Å². The van der Waals surface area contributed by atoms with Crippen LogP contribution < -0.4 is 0 Å². The van der Waals surface area contributed by atoms with E-state index >= 15 is 0 Å². The number of hydrogen-bond acceptors (Lipinski definition) is 3. The summed E-state index contributed by atoms with van der Waals surface area (Å²) < 4.78 is 2.31. The highest BCUT2D eigenvalue weighted by molar-refractivity contribution is 7.10. The minimum atomic E-state index is -0.111. The van der Waals surface area contributed by atoms with Crippen LogP contribution in [0, 0.1) is 5.92 Å². The summed E-state index contributed by atoms with van der Waals surface area (Å²) in [6.07, 6.45) is 8.07. The zero-order chi connectivity index (χ0) is 12.1. The first-order valence-electron chi connectivity index (χ1n) is 6.62. The molecule has 1 unspecified atom stereocenters. The summed E-state index contributed by atoms with van der Waals surface area (Å²) in [5.41, 5.74) is 2.60. The van der Waals surface area contributed by atoms with Crippen molar-refractivity contribution >= 4 is 11.3 Å². The third kappa shape index (κ3) is 1.42. The first kappa shape index (κ1) is 10.8. The lowest BCUT2D eigenvalue weighted by Crippen LogP contribution is -2.26. The van der Waals surface area contributed by atoms with E-state index in [1.165, 1.54) is 22.6 Å². The molecule has 1 fully saturated rings. The number of fused-ring (bicyclic) bond motifs is 3. The van der Waals surface area contributed by atoms with Crippen molar-refractivity contribution < 1.29 is 5.11 Å². The van der Waals surface area contributed by atoms with Crippen LogP contribution in [0.15, 0.2) is 24.0 Å². The Labute approximate surface area is 110 Å². The second-order valence-corrected chi connectivity index (χ2v) is 6.36. The highest BCUT2D eigenvalue weighted by Gasteiger charge is 2.37. The Bertz CT molecular complexity index is 534. The number of aliphatic hydroxyl groups excluding tert-OH is 1. The molecule has 2 aliphatic rings. The van der Waals surface area contributed by atoms with Crippen molar-refractivity contribution in [3.8, 4) is 11.3 Å². The molecule has 0 saturated heterocycles. The van der Waals surface area contributed by atoms with Gasteiger partial charge in [-0.05, 0) is 36.6 Å². The molecule has 3 nitrogen and oxygen atoms in total. The van der Waals surface area contributed by atoms with E-state index < -0.39 is 0 Å². The third-order valence-corrected chi connectivity index (χ3v) is 5.33. The fraction of sp³-hybridized carbons (Fsp3) is 0.500. The van der Waals surface area contributed by atoms with E-state index in [0.717, 1.165) is 19.3 Å². The highest BCUT2D eigenvalue weighted by Crippen LogP contribution is 2.49. The van der Waals surface area contributed by atoms with E-state index in [0.29, 0.717) is 12.0 Å². The van der Waals surface area contributed by atoms with E-state index in [4.69, 9.17) is 0 Å². The predicted molar refractivity (Wildman–Crippen MR) is 71.6 cm³/mol. The Kier molecular flexibility index (Phi) is 2.35. The average Bonchev–Trinajstić information content (AvgIpc) is 2.99. The van der Waals surface area contributed by atoms with Gasteiger partial charge in [0.25, 0.3) is 0 Å². The molecule has 0 spiro atoms. The molecule has 1 saturated carbocycles. The van der Waals surface area contributed by atoms with Gasteiger partial charge in [-0.15, -0.1) is 11.3 Å². The molecule has 1 N–H and O–H groups in total. The molecule has 0 radical (unpaired) electrons. The molecule has 0 amide bonds. The van der Waals surface area contributed by atoms with Gasteiger partial charge in [0.15, 0.2) is 0 Å². The fourth-order valence-corrected chi connectivity index (χ4v) is 4.65. The van der Waals surface area contributed by atoms with Gasteiger partial charge in [0.1, 0.15) is 0 Å². The van der Waals surface area contributed by atoms with Crippen molar-refractivity contribution in [1.29, 1.82) is 0 Å². The van der Waals surface area contributed by atoms with Crippen molar-refractivity contribution in [2.75, 3.05) is 0 Å². The quantitative estimate of drug-likeness (QED) is 0.855. The minimum absolute atomic E-state index is 0.111. The van der Waals surface area contributed by atoms with Gasteiger partial charge in [-0.3, -0.25) is 0 Å². The van der Waals surface area contributed by atoms with E-state index in [2.05, 4.69) is 21.0 Å².